The SMILES string of the molecule is CCNC(=NCc1noc(C)n1)N1CCN(Cc2ccc(C(F)(F)F)cc2)CC1. The molecule has 7 nitrogen and oxygen atoms in total. The zero-order valence-corrected chi connectivity index (χ0v) is 16.5. The quantitative estimate of drug-likeness (QED) is 0.604. The Morgan fingerprint density at radius 2 is 1.86 bits per heavy atom. The Kier molecular flexibility index (Phi) is 6.73. The van der Waals surface area contributed by atoms with Gasteiger partial charge in [0.15, 0.2) is 11.8 Å². The summed E-state index contributed by atoms with van der Waals surface area (Å²) in [6, 6.07) is 5.38. The maximum Gasteiger partial charge on any atom is 0.416 e. The van der Waals surface area contributed by atoms with Gasteiger partial charge in [0, 0.05) is 46.2 Å². The van der Waals surface area contributed by atoms with E-state index in [-0.39, 0.29) is 0 Å². The number of alkyl halides is 3. The summed E-state index contributed by atoms with van der Waals surface area (Å²) in [6.45, 7) is 8.61. The molecular weight excluding hydrogens is 385 g/mol. The highest BCUT2D eigenvalue weighted by atomic mass is 19.4. The lowest BCUT2D eigenvalue weighted by Crippen LogP contribution is -2.52. The molecule has 1 aliphatic rings. The van der Waals surface area contributed by atoms with Gasteiger partial charge in [-0.05, 0) is 24.6 Å². The van der Waals surface area contributed by atoms with Crippen molar-refractivity contribution in [1.29, 1.82) is 0 Å². The molecule has 0 atom stereocenters. The van der Waals surface area contributed by atoms with E-state index in [4.69, 9.17) is 4.52 Å². The largest absolute Gasteiger partial charge is 0.416 e. The van der Waals surface area contributed by atoms with Gasteiger partial charge in [-0.15, -0.1) is 0 Å². The molecule has 0 saturated carbocycles. The minimum atomic E-state index is -4.30. The fourth-order valence-corrected chi connectivity index (χ4v) is 3.15. The molecule has 0 bridgehead atoms. The summed E-state index contributed by atoms with van der Waals surface area (Å²) in [5, 5.41) is 7.13. The lowest BCUT2D eigenvalue weighted by Gasteiger charge is -2.36. The van der Waals surface area contributed by atoms with Crippen LogP contribution in [0, 0.1) is 6.92 Å². The number of nitrogens with zero attached hydrogens (tertiary/aromatic N) is 5. The van der Waals surface area contributed by atoms with E-state index in [1.165, 1.54) is 0 Å². The van der Waals surface area contributed by atoms with E-state index in [0.29, 0.717) is 24.8 Å². The molecule has 1 aromatic carbocycles. The van der Waals surface area contributed by atoms with Gasteiger partial charge in [-0.1, -0.05) is 17.3 Å². The molecule has 0 unspecified atom stereocenters. The van der Waals surface area contributed by atoms with Crippen molar-refractivity contribution in [3.8, 4) is 0 Å². The monoisotopic (exact) mass is 410 g/mol. The van der Waals surface area contributed by atoms with Gasteiger partial charge >= 0.3 is 6.18 Å². The predicted molar refractivity (Wildman–Crippen MR) is 102 cm³/mol. The third-order valence-electron chi connectivity index (χ3n) is 4.63. The van der Waals surface area contributed by atoms with Crippen molar-refractivity contribution in [2.75, 3.05) is 32.7 Å². The maximum atomic E-state index is 12.7. The van der Waals surface area contributed by atoms with Gasteiger partial charge in [0.05, 0.1) is 5.56 Å². The highest BCUT2D eigenvalue weighted by molar-refractivity contribution is 5.80. The molecule has 0 spiro atoms. The first-order chi connectivity index (χ1) is 13.8. The average molecular weight is 410 g/mol. The molecule has 1 saturated heterocycles. The van der Waals surface area contributed by atoms with Crippen molar-refractivity contribution in [2.45, 2.75) is 33.1 Å². The summed E-state index contributed by atoms with van der Waals surface area (Å²) in [6.07, 6.45) is -4.30. The fraction of sp³-hybridized carbons (Fsp3) is 0.526. The molecule has 10 heteroatoms. The van der Waals surface area contributed by atoms with Gasteiger partial charge < -0.3 is 14.7 Å². The van der Waals surface area contributed by atoms with E-state index in [2.05, 4.69) is 30.2 Å². The zero-order chi connectivity index (χ0) is 20.9. The summed E-state index contributed by atoms with van der Waals surface area (Å²) in [5.74, 6) is 1.85. The number of aryl methyl sites for hydroxylation is 1. The Hall–Kier alpha value is -2.62. The van der Waals surface area contributed by atoms with Crippen LogP contribution in [0.1, 0.15) is 29.8 Å². The van der Waals surface area contributed by atoms with Crippen LogP contribution in [0.15, 0.2) is 33.8 Å². The minimum Gasteiger partial charge on any atom is -0.357 e. The number of benzene rings is 1. The van der Waals surface area contributed by atoms with E-state index in [1.807, 2.05) is 6.92 Å². The van der Waals surface area contributed by atoms with Crippen molar-refractivity contribution in [2.24, 2.45) is 4.99 Å². The van der Waals surface area contributed by atoms with Gasteiger partial charge in [0.1, 0.15) is 6.54 Å². The van der Waals surface area contributed by atoms with Crippen molar-refractivity contribution in [1.82, 2.24) is 25.3 Å². The molecule has 2 aromatic rings. The number of halogens is 3. The highest BCUT2D eigenvalue weighted by Gasteiger charge is 2.30. The van der Waals surface area contributed by atoms with Crippen molar-refractivity contribution < 1.29 is 17.7 Å². The molecule has 0 amide bonds. The molecule has 1 aromatic heterocycles. The molecular formula is C19H25F3N6O. The summed E-state index contributed by atoms with van der Waals surface area (Å²) in [4.78, 5) is 13.1. The first-order valence-electron chi connectivity index (χ1n) is 9.56. The predicted octanol–water partition coefficient (Wildman–Crippen LogP) is 2.68. The standard InChI is InChI=1S/C19H25F3N6O/c1-3-23-18(24-12-17-25-14(2)29-26-17)28-10-8-27(9-11-28)13-15-4-6-16(7-5-15)19(20,21)22/h4-7H,3,8-13H2,1-2H3,(H,23,24). The number of piperazine rings is 1. The van der Waals surface area contributed by atoms with Gasteiger partial charge in [0.2, 0.25) is 5.89 Å². The summed E-state index contributed by atoms with van der Waals surface area (Å²) < 4.78 is 43.0. The first kappa shape index (κ1) is 21.1. The molecule has 1 aliphatic heterocycles. The second-order valence-corrected chi connectivity index (χ2v) is 6.86. The molecule has 1 N–H and O–H groups in total. The van der Waals surface area contributed by atoms with Crippen LogP contribution in [0.4, 0.5) is 13.2 Å². The Balaban J connectivity index is 1.54. The fourth-order valence-electron chi connectivity index (χ4n) is 3.15. The van der Waals surface area contributed by atoms with Crippen molar-refractivity contribution >= 4 is 5.96 Å². The Labute approximate surface area is 167 Å². The van der Waals surface area contributed by atoms with Crippen molar-refractivity contribution in [3.63, 3.8) is 0 Å². The van der Waals surface area contributed by atoms with Crippen LogP contribution in [0.5, 0.6) is 0 Å². The lowest BCUT2D eigenvalue weighted by atomic mass is 10.1. The Bertz CT molecular complexity index is 810. The van der Waals surface area contributed by atoms with Gasteiger partial charge in [-0.25, -0.2) is 4.99 Å². The van der Waals surface area contributed by atoms with Crippen LogP contribution in [-0.4, -0.2) is 58.6 Å². The topological polar surface area (TPSA) is 69.8 Å². The van der Waals surface area contributed by atoms with Crippen LogP contribution in [0.3, 0.4) is 0 Å². The number of aromatic nitrogens is 2. The van der Waals surface area contributed by atoms with E-state index < -0.39 is 11.7 Å². The molecule has 2 heterocycles. The van der Waals surface area contributed by atoms with E-state index in [9.17, 15) is 13.2 Å². The second kappa shape index (κ2) is 9.25. The number of rotatable bonds is 5. The van der Waals surface area contributed by atoms with Gasteiger partial charge in [-0.2, -0.15) is 18.2 Å². The van der Waals surface area contributed by atoms with Crippen LogP contribution in [0.25, 0.3) is 0 Å². The second-order valence-electron chi connectivity index (χ2n) is 6.86. The van der Waals surface area contributed by atoms with Crippen LogP contribution in [-0.2, 0) is 19.3 Å². The molecule has 158 valence electrons. The molecule has 0 aliphatic carbocycles. The van der Waals surface area contributed by atoms with Crippen LogP contribution in [0.2, 0.25) is 0 Å². The van der Waals surface area contributed by atoms with Crippen LogP contribution < -0.4 is 5.32 Å². The van der Waals surface area contributed by atoms with Gasteiger partial charge in [-0.3, -0.25) is 4.90 Å². The summed E-state index contributed by atoms with van der Waals surface area (Å²) in [7, 11) is 0. The van der Waals surface area contributed by atoms with E-state index in [1.54, 1.807) is 19.1 Å². The van der Waals surface area contributed by atoms with E-state index in [0.717, 1.165) is 56.4 Å². The number of hydrogen-bond acceptors (Lipinski definition) is 5. The third-order valence-corrected chi connectivity index (χ3v) is 4.63. The Morgan fingerprint density at radius 3 is 2.41 bits per heavy atom. The Morgan fingerprint density at radius 1 is 1.17 bits per heavy atom. The van der Waals surface area contributed by atoms with Crippen molar-refractivity contribution in [3.05, 3.63) is 47.1 Å². The lowest BCUT2D eigenvalue weighted by molar-refractivity contribution is -0.137. The number of aliphatic imine (C=N–C) groups is 1. The smallest absolute Gasteiger partial charge is 0.357 e. The maximum absolute atomic E-state index is 12.7. The normalized spacial score (nSPS) is 16.3. The summed E-state index contributed by atoms with van der Waals surface area (Å²) >= 11 is 0. The third kappa shape index (κ3) is 5.93. The van der Waals surface area contributed by atoms with E-state index >= 15 is 0 Å². The molecule has 3 rings (SSSR count). The highest BCUT2D eigenvalue weighted by Crippen LogP contribution is 2.29. The first-order valence-corrected chi connectivity index (χ1v) is 9.56. The van der Waals surface area contributed by atoms with Crippen LogP contribution >= 0.6 is 0 Å². The number of guanidine groups is 1. The number of hydrogen-bond donors (Lipinski definition) is 1. The van der Waals surface area contributed by atoms with Gasteiger partial charge in [0.25, 0.3) is 0 Å². The summed E-state index contributed by atoms with van der Waals surface area (Å²) in [5.41, 5.74) is 0.258. The molecule has 1 fully saturated rings. The molecule has 0 radical (unpaired) electrons. The average Bonchev–Trinajstić information content (AvgIpc) is 3.11. The minimum absolute atomic E-state index is 0.339. The zero-order valence-electron chi connectivity index (χ0n) is 16.5. The number of nitrogens with one attached hydrogen (secondary N) is 1. The molecule has 29 heavy (non-hydrogen) atoms.